The average molecular weight is 315 g/mol. The van der Waals surface area contributed by atoms with Crippen LogP contribution in [0.3, 0.4) is 0 Å². The van der Waals surface area contributed by atoms with Crippen molar-refractivity contribution in [2.75, 3.05) is 14.2 Å². The fraction of sp³-hybridized carbons (Fsp3) is 0.235. The van der Waals surface area contributed by atoms with Gasteiger partial charge in [-0.3, -0.25) is 0 Å². The number of hydrogen-bond donors (Lipinski definition) is 0. The van der Waals surface area contributed by atoms with Crippen molar-refractivity contribution in [3.05, 3.63) is 58.8 Å². The molecule has 0 amide bonds. The summed E-state index contributed by atoms with van der Waals surface area (Å²) < 4.78 is 15.0. The molecular formula is C17H17NO5. The predicted molar refractivity (Wildman–Crippen MR) is 82.4 cm³/mol. The summed E-state index contributed by atoms with van der Waals surface area (Å²) in [6.07, 6.45) is 0. The van der Waals surface area contributed by atoms with Gasteiger partial charge in [0, 0.05) is 0 Å². The van der Waals surface area contributed by atoms with Crippen LogP contribution in [0.5, 0.6) is 5.88 Å². The van der Waals surface area contributed by atoms with Gasteiger partial charge in [0.05, 0.1) is 25.5 Å². The van der Waals surface area contributed by atoms with E-state index in [2.05, 4.69) is 9.72 Å². The standard InChI is InChI=1S/C17H17NO5/c1-11-13(16(19)21-2)9-14(17(20)22-3)15(18-11)23-10-12-7-5-4-6-8-12/h4-9H,10H2,1-3H3. The lowest BCUT2D eigenvalue weighted by Crippen LogP contribution is -2.13. The van der Waals surface area contributed by atoms with Gasteiger partial charge in [-0.25, -0.2) is 14.6 Å². The minimum atomic E-state index is -0.634. The Morgan fingerprint density at radius 2 is 1.61 bits per heavy atom. The van der Waals surface area contributed by atoms with Gasteiger partial charge in [-0.1, -0.05) is 30.3 Å². The zero-order valence-corrected chi connectivity index (χ0v) is 13.2. The second-order valence-corrected chi connectivity index (χ2v) is 4.73. The number of esters is 2. The van der Waals surface area contributed by atoms with Crippen molar-refractivity contribution in [3.8, 4) is 5.88 Å². The molecule has 0 N–H and O–H groups in total. The van der Waals surface area contributed by atoms with Crippen LogP contribution < -0.4 is 4.74 Å². The third kappa shape index (κ3) is 3.85. The zero-order chi connectivity index (χ0) is 16.8. The minimum absolute atomic E-state index is 0.0782. The number of nitrogens with zero attached hydrogens (tertiary/aromatic N) is 1. The summed E-state index contributed by atoms with van der Waals surface area (Å²) in [5.74, 6) is -1.09. The van der Waals surface area contributed by atoms with Crippen LogP contribution in [0.4, 0.5) is 0 Å². The molecular weight excluding hydrogens is 298 g/mol. The number of methoxy groups -OCH3 is 2. The molecule has 120 valence electrons. The molecule has 1 aromatic heterocycles. The van der Waals surface area contributed by atoms with Gasteiger partial charge in [0.15, 0.2) is 0 Å². The molecule has 0 saturated heterocycles. The van der Waals surface area contributed by atoms with E-state index < -0.39 is 11.9 Å². The molecule has 23 heavy (non-hydrogen) atoms. The number of pyridine rings is 1. The van der Waals surface area contributed by atoms with Crippen molar-refractivity contribution in [2.24, 2.45) is 0 Å². The molecule has 6 heteroatoms. The Hall–Kier alpha value is -2.89. The number of carbonyl (C=O) groups excluding carboxylic acids is 2. The molecule has 0 fully saturated rings. The van der Waals surface area contributed by atoms with Crippen LogP contribution in [0.2, 0.25) is 0 Å². The number of aryl methyl sites for hydroxylation is 1. The third-order valence-electron chi connectivity index (χ3n) is 3.21. The number of hydrogen-bond acceptors (Lipinski definition) is 6. The van der Waals surface area contributed by atoms with Crippen molar-refractivity contribution in [1.82, 2.24) is 4.98 Å². The molecule has 6 nitrogen and oxygen atoms in total. The van der Waals surface area contributed by atoms with Gasteiger partial charge in [0.25, 0.3) is 0 Å². The van der Waals surface area contributed by atoms with E-state index in [0.29, 0.717) is 5.69 Å². The lowest BCUT2D eigenvalue weighted by atomic mass is 10.1. The maximum Gasteiger partial charge on any atom is 0.343 e. The van der Waals surface area contributed by atoms with Gasteiger partial charge in [-0.05, 0) is 18.6 Å². The van der Waals surface area contributed by atoms with E-state index in [1.807, 2.05) is 30.3 Å². The van der Waals surface area contributed by atoms with Crippen LogP contribution in [0.15, 0.2) is 36.4 Å². The number of benzene rings is 1. The highest BCUT2D eigenvalue weighted by molar-refractivity contribution is 5.97. The first kappa shape index (κ1) is 16.5. The Morgan fingerprint density at radius 1 is 1.00 bits per heavy atom. The highest BCUT2D eigenvalue weighted by Gasteiger charge is 2.21. The summed E-state index contributed by atoms with van der Waals surface area (Å²) in [4.78, 5) is 27.9. The Balaban J connectivity index is 2.35. The maximum absolute atomic E-state index is 11.9. The Kier molecular flexibility index (Phi) is 5.30. The summed E-state index contributed by atoms with van der Waals surface area (Å²) in [6.45, 7) is 1.89. The van der Waals surface area contributed by atoms with E-state index >= 15 is 0 Å². The molecule has 0 atom stereocenters. The molecule has 2 aromatic rings. The van der Waals surface area contributed by atoms with Crippen LogP contribution in [0.25, 0.3) is 0 Å². The molecule has 2 rings (SSSR count). The fourth-order valence-electron chi connectivity index (χ4n) is 1.99. The lowest BCUT2D eigenvalue weighted by Gasteiger charge is -2.12. The lowest BCUT2D eigenvalue weighted by molar-refractivity contribution is 0.0593. The highest BCUT2D eigenvalue weighted by Crippen LogP contribution is 2.22. The van der Waals surface area contributed by atoms with E-state index in [4.69, 9.17) is 9.47 Å². The van der Waals surface area contributed by atoms with Crippen LogP contribution >= 0.6 is 0 Å². The summed E-state index contributed by atoms with van der Waals surface area (Å²) >= 11 is 0. The van der Waals surface area contributed by atoms with E-state index in [0.717, 1.165) is 5.56 Å². The first-order valence-electron chi connectivity index (χ1n) is 6.91. The van der Waals surface area contributed by atoms with E-state index in [1.54, 1.807) is 6.92 Å². The van der Waals surface area contributed by atoms with E-state index in [9.17, 15) is 9.59 Å². The van der Waals surface area contributed by atoms with Crippen molar-refractivity contribution in [3.63, 3.8) is 0 Å². The fourth-order valence-corrected chi connectivity index (χ4v) is 1.99. The Labute approximate surface area is 134 Å². The molecule has 0 aliphatic rings. The summed E-state index contributed by atoms with van der Waals surface area (Å²) in [6, 6.07) is 10.8. The molecule has 0 bridgehead atoms. The predicted octanol–water partition coefficient (Wildman–Crippen LogP) is 2.54. The van der Waals surface area contributed by atoms with E-state index in [-0.39, 0.29) is 23.6 Å². The van der Waals surface area contributed by atoms with Gasteiger partial charge in [-0.2, -0.15) is 0 Å². The minimum Gasteiger partial charge on any atom is -0.472 e. The maximum atomic E-state index is 11.9. The Morgan fingerprint density at radius 3 is 2.22 bits per heavy atom. The number of ether oxygens (including phenoxy) is 3. The molecule has 0 aliphatic heterocycles. The second-order valence-electron chi connectivity index (χ2n) is 4.73. The monoisotopic (exact) mass is 315 g/mol. The van der Waals surface area contributed by atoms with Crippen LogP contribution in [-0.4, -0.2) is 31.1 Å². The number of aromatic nitrogens is 1. The second kappa shape index (κ2) is 7.40. The topological polar surface area (TPSA) is 74.7 Å². The van der Waals surface area contributed by atoms with Crippen LogP contribution in [-0.2, 0) is 16.1 Å². The molecule has 0 unspecified atom stereocenters. The number of rotatable bonds is 5. The smallest absolute Gasteiger partial charge is 0.343 e. The van der Waals surface area contributed by atoms with Gasteiger partial charge in [0.2, 0.25) is 5.88 Å². The van der Waals surface area contributed by atoms with Gasteiger partial charge in [-0.15, -0.1) is 0 Å². The summed E-state index contributed by atoms with van der Waals surface area (Å²) in [7, 11) is 2.51. The molecule has 1 heterocycles. The third-order valence-corrected chi connectivity index (χ3v) is 3.21. The average Bonchev–Trinajstić information content (AvgIpc) is 2.59. The van der Waals surface area contributed by atoms with Gasteiger partial charge < -0.3 is 14.2 Å². The van der Waals surface area contributed by atoms with Crippen molar-refractivity contribution in [2.45, 2.75) is 13.5 Å². The SMILES string of the molecule is COC(=O)c1cc(C(=O)OC)c(OCc2ccccc2)nc1C. The largest absolute Gasteiger partial charge is 0.472 e. The van der Waals surface area contributed by atoms with Gasteiger partial charge >= 0.3 is 11.9 Å². The molecule has 0 radical (unpaired) electrons. The first-order valence-corrected chi connectivity index (χ1v) is 6.91. The highest BCUT2D eigenvalue weighted by atomic mass is 16.5. The van der Waals surface area contributed by atoms with Crippen molar-refractivity contribution >= 4 is 11.9 Å². The first-order chi connectivity index (χ1) is 11.1. The normalized spacial score (nSPS) is 10.0. The quantitative estimate of drug-likeness (QED) is 0.789. The zero-order valence-electron chi connectivity index (χ0n) is 13.2. The van der Waals surface area contributed by atoms with Crippen LogP contribution in [0, 0.1) is 6.92 Å². The molecule has 0 aliphatic carbocycles. The molecule has 0 spiro atoms. The number of carbonyl (C=O) groups is 2. The molecule has 1 aromatic carbocycles. The molecule has 0 saturated carbocycles. The Bertz CT molecular complexity index is 712. The summed E-state index contributed by atoms with van der Waals surface area (Å²) in [5.41, 5.74) is 1.61. The van der Waals surface area contributed by atoms with Gasteiger partial charge in [0.1, 0.15) is 12.2 Å². The van der Waals surface area contributed by atoms with Crippen LogP contribution in [0.1, 0.15) is 32.0 Å². The summed E-state index contributed by atoms with van der Waals surface area (Å²) in [5, 5.41) is 0. The van der Waals surface area contributed by atoms with E-state index in [1.165, 1.54) is 20.3 Å². The van der Waals surface area contributed by atoms with Crippen molar-refractivity contribution < 1.29 is 23.8 Å². The van der Waals surface area contributed by atoms with Crippen molar-refractivity contribution in [1.29, 1.82) is 0 Å².